The van der Waals surface area contributed by atoms with Crippen LogP contribution in [0.4, 0.5) is 0 Å². The Labute approximate surface area is 126 Å². The molecular weight excluding hydrogens is 268 g/mol. The molecule has 0 N–H and O–H groups in total. The lowest BCUT2D eigenvalue weighted by molar-refractivity contribution is -0.127. The Balaban J connectivity index is 1.89. The van der Waals surface area contributed by atoms with Crippen molar-refractivity contribution in [2.45, 2.75) is 25.9 Å². The van der Waals surface area contributed by atoms with E-state index in [9.17, 15) is 9.59 Å². The molecule has 1 aromatic carbocycles. The smallest absolute Gasteiger partial charge is 0.293 e. The van der Waals surface area contributed by atoms with Gasteiger partial charge >= 0.3 is 0 Å². The first-order chi connectivity index (χ1) is 10.3. The van der Waals surface area contributed by atoms with Crippen LogP contribution in [0.2, 0.25) is 0 Å². The summed E-state index contributed by atoms with van der Waals surface area (Å²) in [6, 6.07) is 10.0. The summed E-state index contributed by atoms with van der Waals surface area (Å²) < 4.78 is 10.0. The molecule has 0 aromatic heterocycles. The van der Waals surface area contributed by atoms with Crippen LogP contribution >= 0.6 is 0 Å². The van der Waals surface area contributed by atoms with Crippen molar-refractivity contribution in [2.24, 2.45) is 0 Å². The van der Waals surface area contributed by atoms with Crippen LogP contribution in [0.15, 0.2) is 30.3 Å². The molecule has 0 unspecified atom stereocenters. The van der Waals surface area contributed by atoms with Gasteiger partial charge in [-0.05, 0) is 24.8 Å². The number of hydrogen-bond acceptors (Lipinski definition) is 4. The number of carbonyl (C=O) groups excluding carboxylic acids is 2. The lowest BCUT2D eigenvalue weighted by Gasteiger charge is -2.04. The second kappa shape index (κ2) is 12.1. The average molecular weight is 289 g/mol. The van der Waals surface area contributed by atoms with Gasteiger partial charge < -0.3 is 9.47 Å². The highest BCUT2D eigenvalue weighted by atomic mass is 16.5. The zero-order valence-corrected chi connectivity index (χ0v) is 12.1. The molecule has 4 nitrogen and oxygen atoms in total. The van der Waals surface area contributed by atoms with E-state index in [2.05, 4.69) is 4.74 Å². The van der Waals surface area contributed by atoms with Gasteiger partial charge in [0.1, 0.15) is 5.78 Å². The van der Waals surface area contributed by atoms with E-state index in [1.807, 2.05) is 30.3 Å². The Hall–Kier alpha value is -1.68. The Bertz CT molecular complexity index is 389. The molecule has 0 aliphatic rings. The molecule has 113 valence electrons. The molecule has 4 heteroatoms. The highest BCUT2D eigenvalue weighted by Crippen LogP contribution is 2.04. The summed E-state index contributed by atoms with van der Waals surface area (Å²) in [5.74, 6) is 0.0698. The van der Waals surface area contributed by atoms with E-state index in [4.69, 9.17) is 4.74 Å². The molecule has 0 aliphatic carbocycles. The van der Waals surface area contributed by atoms with Crippen LogP contribution in [0.25, 0.3) is 0 Å². The van der Waals surface area contributed by atoms with E-state index in [1.54, 1.807) is 12.8 Å². The van der Waals surface area contributed by atoms with Crippen molar-refractivity contribution in [3.05, 3.63) is 55.2 Å². The lowest BCUT2D eigenvalue weighted by Crippen LogP contribution is -2.03. The van der Waals surface area contributed by atoms with Gasteiger partial charge in [0, 0.05) is 25.9 Å². The topological polar surface area (TPSA) is 52.6 Å². The fraction of sp³-hybridized carbons (Fsp3) is 0.353. The number of rotatable bonds is 13. The maximum atomic E-state index is 11.5. The van der Waals surface area contributed by atoms with Crippen LogP contribution < -0.4 is 0 Å². The van der Waals surface area contributed by atoms with Gasteiger partial charge in [-0.15, -0.1) is 0 Å². The SMILES string of the molecule is O=COC[CH][CH][CH]C(=O)CCCCOCc1ccccc1. The van der Waals surface area contributed by atoms with Crippen molar-refractivity contribution < 1.29 is 19.1 Å². The molecule has 0 amide bonds. The fourth-order valence-electron chi connectivity index (χ4n) is 1.68. The van der Waals surface area contributed by atoms with E-state index in [1.165, 1.54) is 6.42 Å². The number of hydrogen-bond donors (Lipinski definition) is 0. The number of ether oxygens (including phenoxy) is 2. The number of carbonyl (C=O) groups is 2. The molecule has 0 fully saturated rings. The summed E-state index contributed by atoms with van der Waals surface area (Å²) in [5.41, 5.74) is 1.16. The first-order valence-corrected chi connectivity index (χ1v) is 7.02. The third-order valence-electron chi connectivity index (χ3n) is 2.75. The third-order valence-corrected chi connectivity index (χ3v) is 2.75. The predicted molar refractivity (Wildman–Crippen MR) is 79.9 cm³/mol. The number of unbranched alkanes of at least 4 members (excludes halogenated alkanes) is 2. The molecule has 0 heterocycles. The lowest BCUT2D eigenvalue weighted by atomic mass is 10.1. The predicted octanol–water partition coefficient (Wildman–Crippen LogP) is 2.73. The minimum atomic E-state index is 0.0698. The Morgan fingerprint density at radius 2 is 1.95 bits per heavy atom. The number of benzene rings is 1. The van der Waals surface area contributed by atoms with E-state index in [0.29, 0.717) is 26.1 Å². The van der Waals surface area contributed by atoms with Crippen molar-refractivity contribution in [3.63, 3.8) is 0 Å². The zero-order chi connectivity index (χ0) is 15.2. The Morgan fingerprint density at radius 3 is 2.71 bits per heavy atom. The molecule has 3 radical (unpaired) electrons. The van der Waals surface area contributed by atoms with Crippen LogP contribution in [0.5, 0.6) is 0 Å². The fourth-order valence-corrected chi connectivity index (χ4v) is 1.68. The van der Waals surface area contributed by atoms with Crippen molar-refractivity contribution >= 4 is 12.3 Å². The number of Topliss-reactive ketones (excluding diaryl/α,β-unsaturated/α-hetero) is 1. The minimum Gasteiger partial charge on any atom is -0.468 e. The van der Waals surface area contributed by atoms with Crippen molar-refractivity contribution in [3.8, 4) is 0 Å². The normalized spacial score (nSPS) is 10.3. The first-order valence-electron chi connectivity index (χ1n) is 7.02. The Morgan fingerprint density at radius 1 is 1.14 bits per heavy atom. The van der Waals surface area contributed by atoms with E-state index < -0.39 is 0 Å². The summed E-state index contributed by atoms with van der Waals surface area (Å²) in [6.45, 7) is 1.84. The van der Waals surface area contributed by atoms with Crippen LogP contribution in [0.1, 0.15) is 24.8 Å². The van der Waals surface area contributed by atoms with Crippen molar-refractivity contribution in [1.82, 2.24) is 0 Å². The molecule has 0 aliphatic heterocycles. The summed E-state index contributed by atoms with van der Waals surface area (Å²) in [5, 5.41) is 0. The van der Waals surface area contributed by atoms with Gasteiger partial charge in [-0.1, -0.05) is 30.3 Å². The van der Waals surface area contributed by atoms with Gasteiger partial charge in [-0.3, -0.25) is 9.59 Å². The van der Waals surface area contributed by atoms with Crippen LogP contribution in [0, 0.1) is 19.3 Å². The van der Waals surface area contributed by atoms with Crippen molar-refractivity contribution in [1.29, 1.82) is 0 Å². The molecule has 21 heavy (non-hydrogen) atoms. The molecule has 0 saturated heterocycles. The van der Waals surface area contributed by atoms with Crippen molar-refractivity contribution in [2.75, 3.05) is 13.2 Å². The molecule has 1 aromatic rings. The van der Waals surface area contributed by atoms with E-state index >= 15 is 0 Å². The second-order valence-corrected chi connectivity index (χ2v) is 4.49. The largest absolute Gasteiger partial charge is 0.468 e. The minimum absolute atomic E-state index is 0.0698. The monoisotopic (exact) mass is 289 g/mol. The number of ketones is 1. The summed E-state index contributed by atoms with van der Waals surface area (Å²) in [4.78, 5) is 21.3. The Kier molecular flexibility index (Phi) is 10.0. The quantitative estimate of drug-likeness (QED) is 0.414. The summed E-state index contributed by atoms with van der Waals surface area (Å²) >= 11 is 0. The third kappa shape index (κ3) is 9.79. The highest BCUT2D eigenvalue weighted by molar-refractivity contribution is 5.88. The second-order valence-electron chi connectivity index (χ2n) is 4.49. The van der Waals surface area contributed by atoms with Gasteiger partial charge in [0.25, 0.3) is 6.47 Å². The average Bonchev–Trinajstić information content (AvgIpc) is 2.51. The summed E-state index contributed by atoms with van der Waals surface area (Å²) in [7, 11) is 0. The molecule has 0 saturated carbocycles. The van der Waals surface area contributed by atoms with Gasteiger partial charge in [0.05, 0.1) is 13.2 Å². The molecule has 1 rings (SSSR count). The molecule has 0 atom stereocenters. The summed E-state index contributed by atoms with van der Waals surface area (Å²) in [6.07, 6.45) is 6.91. The maximum Gasteiger partial charge on any atom is 0.293 e. The van der Waals surface area contributed by atoms with Crippen LogP contribution in [-0.4, -0.2) is 25.5 Å². The zero-order valence-electron chi connectivity index (χ0n) is 12.1. The molecule has 0 bridgehead atoms. The first kappa shape index (κ1) is 17.4. The van der Waals surface area contributed by atoms with Gasteiger partial charge in [0.15, 0.2) is 0 Å². The van der Waals surface area contributed by atoms with Gasteiger partial charge in [0.2, 0.25) is 0 Å². The van der Waals surface area contributed by atoms with Crippen LogP contribution in [-0.2, 0) is 25.7 Å². The molecular formula is C17H21O4. The highest BCUT2D eigenvalue weighted by Gasteiger charge is 2.02. The van der Waals surface area contributed by atoms with E-state index in [0.717, 1.165) is 18.4 Å². The maximum absolute atomic E-state index is 11.5. The van der Waals surface area contributed by atoms with Gasteiger partial charge in [-0.25, -0.2) is 0 Å². The van der Waals surface area contributed by atoms with E-state index in [-0.39, 0.29) is 12.4 Å². The van der Waals surface area contributed by atoms with Crippen LogP contribution in [0.3, 0.4) is 0 Å². The van der Waals surface area contributed by atoms with Gasteiger partial charge in [-0.2, -0.15) is 0 Å². The molecule has 0 spiro atoms. The standard InChI is InChI=1S/C17H21O4/c18-15-21-13-7-5-11-17(19)10-4-6-12-20-14-16-8-2-1-3-9-16/h1-3,5,7-9,11,15H,4,6,10,12-14H2.